The van der Waals surface area contributed by atoms with Gasteiger partial charge in [-0.3, -0.25) is 4.79 Å². The summed E-state index contributed by atoms with van der Waals surface area (Å²) in [6.45, 7) is 3.21. The molecule has 6 nitrogen and oxygen atoms in total. The molecule has 1 aromatic carbocycles. The van der Waals surface area contributed by atoms with E-state index in [0.29, 0.717) is 6.42 Å². The quantitative estimate of drug-likeness (QED) is 0.582. The van der Waals surface area contributed by atoms with Gasteiger partial charge < -0.3 is 14.6 Å². The zero-order valence-corrected chi connectivity index (χ0v) is 15.2. The van der Waals surface area contributed by atoms with E-state index in [2.05, 4.69) is 0 Å². The Balaban J connectivity index is 2.11. The molecule has 1 aliphatic rings. The van der Waals surface area contributed by atoms with Crippen LogP contribution in [0.3, 0.4) is 0 Å². The van der Waals surface area contributed by atoms with Crippen molar-refractivity contribution in [3.05, 3.63) is 42.5 Å². The Labute approximate surface area is 148 Å². The summed E-state index contributed by atoms with van der Waals surface area (Å²) in [4.78, 5) is 11.2. The molecule has 0 bridgehead atoms. The molecule has 0 radical (unpaired) electrons. The first-order valence-corrected chi connectivity index (χ1v) is 9.91. The highest BCUT2D eigenvalue weighted by Gasteiger charge is 2.35. The van der Waals surface area contributed by atoms with Crippen molar-refractivity contribution in [3.63, 3.8) is 0 Å². The van der Waals surface area contributed by atoms with Crippen LogP contribution in [0.4, 0.5) is 0 Å². The second kappa shape index (κ2) is 8.60. The molecular formula is C18H24O6S. The van der Waals surface area contributed by atoms with Crippen molar-refractivity contribution in [2.24, 2.45) is 5.92 Å². The zero-order valence-electron chi connectivity index (χ0n) is 14.4. The van der Waals surface area contributed by atoms with Crippen molar-refractivity contribution < 1.29 is 27.8 Å². The van der Waals surface area contributed by atoms with Crippen molar-refractivity contribution in [2.45, 2.75) is 43.5 Å². The van der Waals surface area contributed by atoms with E-state index >= 15 is 0 Å². The fourth-order valence-electron chi connectivity index (χ4n) is 2.81. The van der Waals surface area contributed by atoms with Gasteiger partial charge in [0.1, 0.15) is 12.7 Å². The molecule has 1 aromatic rings. The first-order chi connectivity index (χ1) is 11.8. The molecule has 7 heteroatoms. The van der Waals surface area contributed by atoms with Crippen molar-refractivity contribution >= 4 is 15.8 Å². The van der Waals surface area contributed by atoms with Crippen molar-refractivity contribution in [2.75, 3.05) is 12.4 Å². The van der Waals surface area contributed by atoms with E-state index in [4.69, 9.17) is 9.47 Å². The Kier molecular flexibility index (Phi) is 6.75. The minimum absolute atomic E-state index is 0.0386. The predicted molar refractivity (Wildman–Crippen MR) is 92.7 cm³/mol. The Hall–Kier alpha value is -1.70. The molecule has 0 saturated carbocycles. The van der Waals surface area contributed by atoms with Crippen molar-refractivity contribution in [1.29, 1.82) is 0 Å². The van der Waals surface area contributed by atoms with Crippen LogP contribution in [-0.4, -0.2) is 50.2 Å². The molecule has 1 heterocycles. The van der Waals surface area contributed by atoms with Gasteiger partial charge in [0.25, 0.3) is 0 Å². The lowest BCUT2D eigenvalue weighted by Crippen LogP contribution is -2.44. The summed E-state index contributed by atoms with van der Waals surface area (Å²) in [5, 5.41) is 10.2. The topological polar surface area (TPSA) is 89.9 Å². The van der Waals surface area contributed by atoms with Crippen LogP contribution >= 0.6 is 0 Å². The number of hydrogen-bond acceptors (Lipinski definition) is 6. The normalized spacial score (nSPS) is 24.7. The minimum atomic E-state index is -3.49. The van der Waals surface area contributed by atoms with Crippen LogP contribution in [0.2, 0.25) is 0 Å². The molecule has 0 fully saturated rings. The standard InChI is InChI=1S/C18H24O6S/c1-3-14(12-25(21,22)16-7-5-4-6-8-16)18-17(20)10-9-15(24-18)11-23-13(2)19/h4-10,14-15,17-18,20H,3,11-12H2,1-2H3/t14-,15+,17-,18-/m1/s1. The van der Waals surface area contributed by atoms with Crippen LogP contribution in [0.1, 0.15) is 20.3 Å². The van der Waals surface area contributed by atoms with Gasteiger partial charge in [0, 0.05) is 12.8 Å². The maximum absolute atomic E-state index is 12.6. The molecule has 4 atom stereocenters. The molecule has 1 aliphatic heterocycles. The molecule has 0 aliphatic carbocycles. The molecular weight excluding hydrogens is 344 g/mol. The average Bonchev–Trinajstić information content (AvgIpc) is 2.60. The SMILES string of the molecule is CC[C@H](CS(=O)(=O)c1ccccc1)[C@H]1O[C@H](COC(C)=O)C=C[C@H]1O. The van der Waals surface area contributed by atoms with E-state index in [1.54, 1.807) is 42.5 Å². The Morgan fingerprint density at radius 1 is 1.28 bits per heavy atom. The molecule has 138 valence electrons. The number of benzene rings is 1. The third-order valence-corrected chi connectivity index (χ3v) is 6.02. The van der Waals surface area contributed by atoms with Crippen LogP contribution in [0.15, 0.2) is 47.4 Å². The van der Waals surface area contributed by atoms with Gasteiger partial charge in [0.15, 0.2) is 9.84 Å². The van der Waals surface area contributed by atoms with Crippen LogP contribution in [0.25, 0.3) is 0 Å². The van der Waals surface area contributed by atoms with Crippen LogP contribution in [-0.2, 0) is 24.1 Å². The number of sulfone groups is 1. The molecule has 0 unspecified atom stereocenters. The summed E-state index contributed by atoms with van der Waals surface area (Å²) in [5.74, 6) is -0.924. The number of hydrogen-bond donors (Lipinski definition) is 1. The highest BCUT2D eigenvalue weighted by molar-refractivity contribution is 7.91. The van der Waals surface area contributed by atoms with Gasteiger partial charge in [-0.05, 0) is 18.6 Å². The van der Waals surface area contributed by atoms with Crippen LogP contribution in [0, 0.1) is 5.92 Å². The summed E-state index contributed by atoms with van der Waals surface area (Å²) >= 11 is 0. The monoisotopic (exact) mass is 368 g/mol. The lowest BCUT2D eigenvalue weighted by molar-refractivity contribution is -0.149. The van der Waals surface area contributed by atoms with Gasteiger partial charge in [-0.1, -0.05) is 37.3 Å². The fourth-order valence-corrected chi connectivity index (χ4v) is 4.56. The van der Waals surface area contributed by atoms with Crippen LogP contribution in [0.5, 0.6) is 0 Å². The molecule has 0 amide bonds. The van der Waals surface area contributed by atoms with Gasteiger partial charge in [-0.2, -0.15) is 0 Å². The molecule has 0 spiro atoms. The van der Waals surface area contributed by atoms with Gasteiger partial charge >= 0.3 is 5.97 Å². The maximum Gasteiger partial charge on any atom is 0.302 e. The summed E-state index contributed by atoms with van der Waals surface area (Å²) in [6, 6.07) is 8.23. The number of aliphatic hydroxyl groups is 1. The molecule has 25 heavy (non-hydrogen) atoms. The van der Waals surface area contributed by atoms with Crippen LogP contribution < -0.4 is 0 Å². The van der Waals surface area contributed by atoms with E-state index in [-0.39, 0.29) is 23.2 Å². The Morgan fingerprint density at radius 2 is 1.96 bits per heavy atom. The van der Waals surface area contributed by atoms with Gasteiger partial charge in [0.05, 0.1) is 22.9 Å². The van der Waals surface area contributed by atoms with E-state index < -0.39 is 34.1 Å². The number of carbonyl (C=O) groups is 1. The third-order valence-electron chi connectivity index (χ3n) is 4.17. The van der Waals surface area contributed by atoms with Crippen molar-refractivity contribution in [3.8, 4) is 0 Å². The third kappa shape index (κ3) is 5.39. The minimum Gasteiger partial charge on any atom is -0.463 e. The van der Waals surface area contributed by atoms with Gasteiger partial charge in [0.2, 0.25) is 0 Å². The first-order valence-electron chi connectivity index (χ1n) is 8.26. The number of rotatable bonds is 7. The molecule has 0 aromatic heterocycles. The van der Waals surface area contributed by atoms with E-state index in [1.807, 2.05) is 6.92 Å². The predicted octanol–water partition coefficient (Wildman–Crippen LogP) is 1.73. The Bertz CT molecular complexity index is 698. The Morgan fingerprint density at radius 3 is 2.56 bits per heavy atom. The zero-order chi connectivity index (χ0) is 18.4. The summed E-state index contributed by atoms with van der Waals surface area (Å²) in [7, 11) is -3.49. The fraction of sp³-hybridized carbons (Fsp3) is 0.500. The summed E-state index contributed by atoms with van der Waals surface area (Å²) < 4.78 is 36.0. The molecule has 1 N–H and O–H groups in total. The summed E-state index contributed by atoms with van der Waals surface area (Å²) in [5.41, 5.74) is 0. The molecule has 2 rings (SSSR count). The van der Waals surface area contributed by atoms with Gasteiger partial charge in [-0.25, -0.2) is 8.42 Å². The first kappa shape index (κ1) is 19.6. The number of carbonyl (C=O) groups excluding carboxylic acids is 1. The largest absolute Gasteiger partial charge is 0.463 e. The number of aliphatic hydroxyl groups excluding tert-OH is 1. The second-order valence-corrected chi connectivity index (χ2v) is 8.11. The lowest BCUT2D eigenvalue weighted by Gasteiger charge is -2.34. The average molecular weight is 368 g/mol. The smallest absolute Gasteiger partial charge is 0.302 e. The van der Waals surface area contributed by atoms with Crippen molar-refractivity contribution in [1.82, 2.24) is 0 Å². The van der Waals surface area contributed by atoms with E-state index in [9.17, 15) is 18.3 Å². The lowest BCUT2D eigenvalue weighted by atomic mass is 9.94. The second-order valence-electron chi connectivity index (χ2n) is 6.08. The van der Waals surface area contributed by atoms with E-state index in [1.165, 1.54) is 6.92 Å². The maximum atomic E-state index is 12.6. The summed E-state index contributed by atoms with van der Waals surface area (Å²) in [6.07, 6.45) is 1.66. The van der Waals surface area contributed by atoms with Gasteiger partial charge in [-0.15, -0.1) is 0 Å². The highest BCUT2D eigenvalue weighted by atomic mass is 32.2. The van der Waals surface area contributed by atoms with E-state index in [0.717, 1.165) is 0 Å². The number of ether oxygens (including phenoxy) is 2. The highest BCUT2D eigenvalue weighted by Crippen LogP contribution is 2.26. The molecule has 0 saturated heterocycles. The number of esters is 1.